The van der Waals surface area contributed by atoms with Gasteiger partial charge >= 0.3 is 0 Å². The van der Waals surface area contributed by atoms with Gasteiger partial charge in [0.05, 0.1) is 6.04 Å². The van der Waals surface area contributed by atoms with Gasteiger partial charge in [-0.25, -0.2) is 0 Å². The predicted molar refractivity (Wildman–Crippen MR) is 83.5 cm³/mol. The molecule has 0 bridgehead atoms. The van der Waals surface area contributed by atoms with Crippen LogP contribution in [0, 0.1) is 5.92 Å². The molecule has 2 rings (SSSR count). The first-order valence-corrected chi connectivity index (χ1v) is 7.52. The first kappa shape index (κ1) is 14.8. The Morgan fingerprint density at radius 3 is 2.70 bits per heavy atom. The molecule has 1 aliphatic rings. The summed E-state index contributed by atoms with van der Waals surface area (Å²) in [7, 11) is 0. The number of amides is 1. The van der Waals surface area contributed by atoms with Crippen LogP contribution in [0.5, 0.6) is 0 Å². The molecule has 3 nitrogen and oxygen atoms in total. The highest BCUT2D eigenvalue weighted by Gasteiger charge is 2.20. The van der Waals surface area contributed by atoms with Crippen molar-refractivity contribution in [2.45, 2.75) is 32.7 Å². The molecule has 0 fully saturated rings. The second kappa shape index (κ2) is 7.25. The molecule has 1 aliphatic carbocycles. The quantitative estimate of drug-likeness (QED) is 0.803. The van der Waals surface area contributed by atoms with Crippen LogP contribution in [0.3, 0.4) is 0 Å². The fraction of sp³-hybridized carbons (Fsp3) is 0.471. The molecule has 1 amide bonds. The first-order valence-electron chi connectivity index (χ1n) is 7.52. The van der Waals surface area contributed by atoms with E-state index >= 15 is 0 Å². The Labute approximate surface area is 120 Å². The van der Waals surface area contributed by atoms with E-state index in [1.54, 1.807) is 0 Å². The van der Waals surface area contributed by atoms with Gasteiger partial charge in [-0.05, 0) is 42.7 Å². The minimum absolute atomic E-state index is 0.0973. The third-order valence-corrected chi connectivity index (χ3v) is 3.71. The molecule has 0 radical (unpaired) electrons. The predicted octanol–water partition coefficient (Wildman–Crippen LogP) is 0.772. The summed E-state index contributed by atoms with van der Waals surface area (Å²) in [5.74, 6) is 0.540. The van der Waals surface area contributed by atoms with Crippen LogP contribution in [0.2, 0.25) is 0 Å². The lowest BCUT2D eigenvalue weighted by atomic mass is 9.91. The second-order valence-electron chi connectivity index (χ2n) is 5.24. The van der Waals surface area contributed by atoms with E-state index in [0.29, 0.717) is 12.5 Å². The van der Waals surface area contributed by atoms with Crippen molar-refractivity contribution >= 4 is 18.1 Å². The lowest BCUT2D eigenvalue weighted by Gasteiger charge is -2.22. The second-order valence-corrected chi connectivity index (χ2v) is 5.24. The maximum Gasteiger partial charge on any atom is 0.237 e. The van der Waals surface area contributed by atoms with E-state index < -0.39 is 0 Å². The van der Waals surface area contributed by atoms with Crippen LogP contribution < -0.4 is 21.1 Å². The summed E-state index contributed by atoms with van der Waals surface area (Å²) in [4.78, 5) is 12.1. The Morgan fingerprint density at radius 2 is 2.00 bits per heavy atom. The number of fused-ring (bicyclic) bond motifs is 1. The highest BCUT2D eigenvalue weighted by Crippen LogP contribution is 2.16. The molecule has 0 unspecified atom stereocenters. The van der Waals surface area contributed by atoms with Gasteiger partial charge < -0.3 is 10.6 Å². The monoisotopic (exact) mass is 272 g/mol. The van der Waals surface area contributed by atoms with Crippen LogP contribution in [0.1, 0.15) is 26.7 Å². The fourth-order valence-electron chi connectivity index (χ4n) is 2.74. The van der Waals surface area contributed by atoms with E-state index in [9.17, 15) is 4.79 Å². The topological polar surface area (TPSA) is 41.1 Å². The molecule has 0 saturated heterocycles. The minimum Gasteiger partial charge on any atom is -0.355 e. The number of rotatable bonds is 6. The average Bonchev–Trinajstić information content (AvgIpc) is 2.47. The first-order chi connectivity index (χ1) is 9.74. The summed E-state index contributed by atoms with van der Waals surface area (Å²) in [6.45, 7) is 5.49. The molecular weight excluding hydrogens is 248 g/mol. The lowest BCUT2D eigenvalue weighted by molar-refractivity contribution is -0.123. The van der Waals surface area contributed by atoms with Gasteiger partial charge in [-0.1, -0.05) is 43.3 Å². The van der Waals surface area contributed by atoms with Crippen LogP contribution in [0.4, 0.5) is 0 Å². The lowest BCUT2D eigenvalue weighted by Crippen LogP contribution is -2.45. The molecule has 108 valence electrons. The Bertz CT molecular complexity index is 565. The molecule has 2 N–H and O–H groups in total. The number of carbonyl (C=O) groups excluding carboxylic acids is 1. The number of carbonyl (C=O) groups is 1. The molecule has 1 aromatic carbocycles. The highest BCUT2D eigenvalue weighted by atomic mass is 16.2. The third-order valence-electron chi connectivity index (χ3n) is 3.71. The number of hydrogen-bond acceptors (Lipinski definition) is 2. The summed E-state index contributed by atoms with van der Waals surface area (Å²) < 4.78 is 0. The molecule has 1 aromatic rings. The van der Waals surface area contributed by atoms with Gasteiger partial charge in [-0.2, -0.15) is 0 Å². The maximum atomic E-state index is 12.1. The zero-order valence-electron chi connectivity index (χ0n) is 12.4. The van der Waals surface area contributed by atoms with Crippen molar-refractivity contribution in [3.63, 3.8) is 0 Å². The van der Waals surface area contributed by atoms with Crippen molar-refractivity contribution in [2.75, 3.05) is 13.1 Å². The zero-order valence-corrected chi connectivity index (χ0v) is 12.4. The van der Waals surface area contributed by atoms with Crippen molar-refractivity contribution < 1.29 is 4.79 Å². The Kier molecular flexibility index (Phi) is 5.36. The Hall–Kier alpha value is -1.61. The van der Waals surface area contributed by atoms with Crippen LogP contribution in [0.15, 0.2) is 24.3 Å². The zero-order chi connectivity index (χ0) is 14.4. The summed E-state index contributed by atoms with van der Waals surface area (Å²) >= 11 is 0. The average molecular weight is 272 g/mol. The summed E-state index contributed by atoms with van der Waals surface area (Å²) in [5, 5.41) is 8.80. The SMILES string of the molecule is CCNC(=O)[C@H](C[C@H]1C=c2ccccc2=CC1)NCC. The molecule has 20 heavy (non-hydrogen) atoms. The van der Waals surface area contributed by atoms with E-state index in [0.717, 1.165) is 19.4 Å². The van der Waals surface area contributed by atoms with Gasteiger partial charge in [0.1, 0.15) is 0 Å². The minimum atomic E-state index is -0.0973. The van der Waals surface area contributed by atoms with Crippen LogP contribution >= 0.6 is 0 Å². The summed E-state index contributed by atoms with van der Waals surface area (Å²) in [6, 6.07) is 8.33. The van der Waals surface area contributed by atoms with Gasteiger partial charge in [0, 0.05) is 6.54 Å². The Balaban J connectivity index is 2.09. The van der Waals surface area contributed by atoms with Gasteiger partial charge in [0.2, 0.25) is 5.91 Å². The van der Waals surface area contributed by atoms with Gasteiger partial charge in [-0.3, -0.25) is 4.79 Å². The molecule has 0 aliphatic heterocycles. The van der Waals surface area contributed by atoms with Crippen LogP contribution in [-0.2, 0) is 4.79 Å². The molecule has 0 saturated carbocycles. The van der Waals surface area contributed by atoms with Gasteiger partial charge in [0.25, 0.3) is 0 Å². The maximum absolute atomic E-state index is 12.1. The number of hydrogen-bond donors (Lipinski definition) is 2. The van der Waals surface area contributed by atoms with Crippen LogP contribution in [0.25, 0.3) is 12.2 Å². The largest absolute Gasteiger partial charge is 0.355 e. The molecule has 3 heteroatoms. The van der Waals surface area contributed by atoms with E-state index in [-0.39, 0.29) is 11.9 Å². The number of benzene rings is 1. The normalized spacial score (nSPS) is 18.4. The summed E-state index contributed by atoms with van der Waals surface area (Å²) in [6.07, 6.45) is 6.45. The van der Waals surface area contributed by atoms with E-state index in [1.807, 2.05) is 13.8 Å². The standard InChI is InChI=1S/C17H24N2O/c1-3-18-16(17(20)19-4-2)12-13-9-10-14-7-5-6-8-15(14)11-13/h5-8,10-11,13,16,18H,3-4,9,12H2,1-2H3,(H,19,20)/t13-,16+/m1/s1. The fourth-order valence-corrected chi connectivity index (χ4v) is 2.74. The molecule has 0 aromatic heterocycles. The van der Waals surface area contributed by atoms with Gasteiger partial charge in [-0.15, -0.1) is 0 Å². The van der Waals surface area contributed by atoms with E-state index in [1.165, 1.54) is 10.4 Å². The Morgan fingerprint density at radius 1 is 1.25 bits per heavy atom. The van der Waals surface area contributed by atoms with Crippen LogP contribution in [-0.4, -0.2) is 25.0 Å². The van der Waals surface area contributed by atoms with Gasteiger partial charge in [0.15, 0.2) is 0 Å². The van der Waals surface area contributed by atoms with Crippen molar-refractivity contribution in [2.24, 2.45) is 5.92 Å². The molecule has 2 atom stereocenters. The smallest absolute Gasteiger partial charge is 0.237 e. The molecular formula is C17H24N2O. The number of nitrogens with one attached hydrogen (secondary N) is 2. The van der Waals surface area contributed by atoms with E-state index in [4.69, 9.17) is 0 Å². The van der Waals surface area contributed by atoms with Crippen molar-refractivity contribution in [3.8, 4) is 0 Å². The van der Waals surface area contributed by atoms with E-state index in [2.05, 4.69) is 47.1 Å². The molecule has 0 heterocycles. The third kappa shape index (κ3) is 3.70. The number of likely N-dealkylation sites (N-methyl/N-ethyl adjacent to an activating group) is 2. The van der Waals surface area contributed by atoms with Crippen molar-refractivity contribution in [1.82, 2.24) is 10.6 Å². The summed E-state index contributed by atoms with van der Waals surface area (Å²) in [5.41, 5.74) is 0. The molecule has 0 spiro atoms. The van der Waals surface area contributed by atoms with Crippen molar-refractivity contribution in [3.05, 3.63) is 34.7 Å². The highest BCUT2D eigenvalue weighted by molar-refractivity contribution is 5.81. The van der Waals surface area contributed by atoms with Crippen molar-refractivity contribution in [1.29, 1.82) is 0 Å².